The number of rotatable bonds is 7. The smallest absolute Gasteiger partial charge is 0.405 e. The molecule has 0 radical (unpaired) electrons. The van der Waals surface area contributed by atoms with Crippen molar-refractivity contribution in [2.75, 3.05) is 43.5 Å². The molecule has 2 aromatic rings. The van der Waals surface area contributed by atoms with Crippen molar-refractivity contribution < 1.29 is 27.5 Å². The molecule has 0 aromatic heterocycles. The van der Waals surface area contributed by atoms with Gasteiger partial charge in [0.05, 0.1) is 6.54 Å². The second kappa shape index (κ2) is 10.7. The van der Waals surface area contributed by atoms with Crippen LogP contribution in [-0.2, 0) is 11.3 Å². The standard InChI is InChI=1S/C22H24F3N3O3S/c1-27(14-17-5-2-3-8-19(17)31-22(23,24)25)15-20(29)26-18-7-4-6-16(13-18)21(30)28-9-11-32-12-10-28/h2-8,13H,9-12,14-15H2,1H3,(H,26,29). The lowest BCUT2D eigenvalue weighted by molar-refractivity contribution is -0.275. The molecule has 1 saturated heterocycles. The van der Waals surface area contributed by atoms with Crippen LogP contribution >= 0.6 is 11.8 Å². The van der Waals surface area contributed by atoms with Crippen LogP contribution in [0.1, 0.15) is 15.9 Å². The number of anilines is 1. The van der Waals surface area contributed by atoms with E-state index in [2.05, 4.69) is 10.1 Å². The zero-order valence-corrected chi connectivity index (χ0v) is 18.3. The number of carbonyl (C=O) groups excluding carboxylic acids is 2. The Labute approximate surface area is 188 Å². The first kappa shape index (κ1) is 23.9. The Morgan fingerprint density at radius 2 is 1.84 bits per heavy atom. The van der Waals surface area contributed by atoms with Crippen LogP contribution in [0.4, 0.5) is 18.9 Å². The van der Waals surface area contributed by atoms with Crippen molar-refractivity contribution in [3.8, 4) is 5.75 Å². The fraction of sp³-hybridized carbons (Fsp3) is 0.364. The summed E-state index contributed by atoms with van der Waals surface area (Å²) in [5.41, 5.74) is 1.30. The van der Waals surface area contributed by atoms with Gasteiger partial charge in [0.1, 0.15) is 5.75 Å². The number of nitrogens with one attached hydrogen (secondary N) is 1. The maximum atomic E-state index is 12.7. The third-order valence-electron chi connectivity index (χ3n) is 4.74. The van der Waals surface area contributed by atoms with E-state index in [1.807, 2.05) is 11.8 Å². The minimum atomic E-state index is -4.79. The molecule has 1 aliphatic heterocycles. The summed E-state index contributed by atoms with van der Waals surface area (Å²) >= 11 is 1.81. The number of thioether (sulfide) groups is 1. The van der Waals surface area contributed by atoms with Gasteiger partial charge in [-0.25, -0.2) is 0 Å². The van der Waals surface area contributed by atoms with Crippen LogP contribution in [-0.4, -0.2) is 66.2 Å². The molecule has 10 heteroatoms. The number of hydrogen-bond donors (Lipinski definition) is 1. The molecule has 0 bridgehead atoms. The Balaban J connectivity index is 1.57. The zero-order valence-electron chi connectivity index (χ0n) is 17.5. The number of nitrogens with zero attached hydrogens (tertiary/aromatic N) is 2. The Morgan fingerprint density at radius 3 is 2.56 bits per heavy atom. The molecule has 0 saturated carbocycles. The lowest BCUT2D eigenvalue weighted by Gasteiger charge is -2.26. The van der Waals surface area contributed by atoms with E-state index in [0.29, 0.717) is 29.9 Å². The minimum absolute atomic E-state index is 0.0537. The first-order valence-corrected chi connectivity index (χ1v) is 11.2. The number of hydrogen-bond acceptors (Lipinski definition) is 5. The lowest BCUT2D eigenvalue weighted by atomic mass is 10.1. The van der Waals surface area contributed by atoms with Crippen molar-refractivity contribution in [3.05, 3.63) is 59.7 Å². The number of carbonyl (C=O) groups is 2. The van der Waals surface area contributed by atoms with E-state index in [0.717, 1.165) is 11.5 Å². The van der Waals surface area contributed by atoms with E-state index in [1.54, 1.807) is 47.2 Å². The summed E-state index contributed by atoms with van der Waals surface area (Å²) in [4.78, 5) is 28.5. The van der Waals surface area contributed by atoms with Gasteiger partial charge in [0.25, 0.3) is 5.91 Å². The Kier molecular flexibility index (Phi) is 8.03. The molecule has 1 heterocycles. The summed E-state index contributed by atoms with van der Waals surface area (Å²) in [5.74, 6) is 1.10. The number of alkyl halides is 3. The van der Waals surface area contributed by atoms with Gasteiger partial charge >= 0.3 is 6.36 Å². The van der Waals surface area contributed by atoms with Gasteiger partial charge in [-0.15, -0.1) is 13.2 Å². The number of halogens is 3. The van der Waals surface area contributed by atoms with Crippen LogP contribution in [0.2, 0.25) is 0 Å². The molecule has 3 rings (SSSR count). The minimum Gasteiger partial charge on any atom is -0.405 e. The van der Waals surface area contributed by atoms with E-state index in [4.69, 9.17) is 0 Å². The number of para-hydroxylation sites is 1. The Bertz CT molecular complexity index is 949. The second-order valence-corrected chi connectivity index (χ2v) is 8.59. The van der Waals surface area contributed by atoms with E-state index >= 15 is 0 Å². The molecule has 0 atom stereocenters. The Hall–Kier alpha value is -2.72. The highest BCUT2D eigenvalue weighted by molar-refractivity contribution is 7.99. The Morgan fingerprint density at radius 1 is 1.12 bits per heavy atom. The molecule has 172 valence electrons. The summed E-state index contributed by atoms with van der Waals surface area (Å²) in [5, 5.41) is 2.74. The molecule has 0 unspecified atom stereocenters. The molecule has 32 heavy (non-hydrogen) atoms. The molecule has 1 aliphatic rings. The van der Waals surface area contributed by atoms with Crippen molar-refractivity contribution in [3.63, 3.8) is 0 Å². The van der Waals surface area contributed by atoms with Crippen molar-refractivity contribution in [2.24, 2.45) is 0 Å². The maximum absolute atomic E-state index is 12.7. The molecular formula is C22H24F3N3O3S. The SMILES string of the molecule is CN(CC(=O)Nc1cccc(C(=O)N2CCSCC2)c1)Cc1ccccc1OC(F)(F)F. The third-order valence-corrected chi connectivity index (χ3v) is 5.69. The zero-order chi connectivity index (χ0) is 23.1. The third kappa shape index (κ3) is 7.16. The van der Waals surface area contributed by atoms with Gasteiger partial charge in [-0.05, 0) is 31.3 Å². The molecule has 1 N–H and O–H groups in total. The fourth-order valence-electron chi connectivity index (χ4n) is 3.33. The molecule has 0 spiro atoms. The van der Waals surface area contributed by atoms with E-state index in [-0.39, 0.29) is 30.7 Å². The highest BCUT2D eigenvalue weighted by atomic mass is 32.2. The van der Waals surface area contributed by atoms with Gasteiger partial charge < -0.3 is 15.0 Å². The molecule has 1 fully saturated rings. The summed E-state index contributed by atoms with van der Waals surface area (Å²) in [6.45, 7) is 1.43. The van der Waals surface area contributed by atoms with Gasteiger partial charge in [-0.1, -0.05) is 24.3 Å². The number of benzene rings is 2. The second-order valence-electron chi connectivity index (χ2n) is 7.36. The van der Waals surface area contributed by atoms with Gasteiger partial charge in [-0.2, -0.15) is 11.8 Å². The first-order valence-electron chi connectivity index (χ1n) is 10.0. The summed E-state index contributed by atoms with van der Waals surface area (Å²) in [7, 11) is 1.62. The van der Waals surface area contributed by atoms with Crippen LogP contribution in [0.3, 0.4) is 0 Å². The highest BCUT2D eigenvalue weighted by Gasteiger charge is 2.32. The highest BCUT2D eigenvalue weighted by Crippen LogP contribution is 2.27. The van der Waals surface area contributed by atoms with Gasteiger partial charge in [0.15, 0.2) is 0 Å². The fourth-order valence-corrected chi connectivity index (χ4v) is 4.23. The van der Waals surface area contributed by atoms with Crippen LogP contribution < -0.4 is 10.1 Å². The van der Waals surface area contributed by atoms with Crippen molar-refractivity contribution in [2.45, 2.75) is 12.9 Å². The van der Waals surface area contributed by atoms with Gasteiger partial charge in [-0.3, -0.25) is 14.5 Å². The van der Waals surface area contributed by atoms with Crippen LogP contribution in [0, 0.1) is 0 Å². The number of likely N-dealkylation sites (N-methyl/N-ethyl adjacent to an activating group) is 1. The maximum Gasteiger partial charge on any atom is 0.573 e. The quantitative estimate of drug-likeness (QED) is 0.671. The average molecular weight is 468 g/mol. The molecule has 6 nitrogen and oxygen atoms in total. The number of ether oxygens (including phenoxy) is 1. The van der Waals surface area contributed by atoms with Crippen LogP contribution in [0.5, 0.6) is 5.75 Å². The summed E-state index contributed by atoms with van der Waals surface area (Å²) < 4.78 is 41.8. The predicted molar refractivity (Wildman–Crippen MR) is 118 cm³/mol. The number of amides is 2. The normalized spacial score (nSPS) is 14.3. The lowest BCUT2D eigenvalue weighted by Crippen LogP contribution is -2.37. The topological polar surface area (TPSA) is 61.9 Å². The predicted octanol–water partition coefficient (Wildman–Crippen LogP) is 3.84. The van der Waals surface area contributed by atoms with Crippen molar-refractivity contribution in [1.29, 1.82) is 0 Å². The largest absolute Gasteiger partial charge is 0.573 e. The van der Waals surface area contributed by atoms with Gasteiger partial charge in [0, 0.05) is 48.0 Å². The molecule has 0 aliphatic carbocycles. The van der Waals surface area contributed by atoms with E-state index in [9.17, 15) is 22.8 Å². The van der Waals surface area contributed by atoms with Crippen LogP contribution in [0.25, 0.3) is 0 Å². The molecular weight excluding hydrogens is 443 g/mol. The monoisotopic (exact) mass is 467 g/mol. The molecule has 2 amide bonds. The van der Waals surface area contributed by atoms with Crippen molar-refractivity contribution in [1.82, 2.24) is 9.80 Å². The average Bonchev–Trinajstić information content (AvgIpc) is 2.74. The van der Waals surface area contributed by atoms with E-state index < -0.39 is 6.36 Å². The van der Waals surface area contributed by atoms with E-state index in [1.165, 1.54) is 18.2 Å². The van der Waals surface area contributed by atoms with Gasteiger partial charge in [0.2, 0.25) is 5.91 Å². The summed E-state index contributed by atoms with van der Waals surface area (Å²) in [6, 6.07) is 12.6. The van der Waals surface area contributed by atoms with Crippen LogP contribution in [0.15, 0.2) is 48.5 Å². The molecule has 2 aromatic carbocycles. The van der Waals surface area contributed by atoms with Crippen molar-refractivity contribution >= 4 is 29.3 Å². The first-order chi connectivity index (χ1) is 15.2. The summed E-state index contributed by atoms with van der Waals surface area (Å²) in [6.07, 6.45) is -4.79.